The van der Waals surface area contributed by atoms with Crippen molar-refractivity contribution in [1.82, 2.24) is 4.31 Å². The minimum absolute atomic E-state index is 0.0354. The number of carbonyl (C=O) groups is 2. The lowest BCUT2D eigenvalue weighted by Crippen LogP contribution is -2.40. The summed E-state index contributed by atoms with van der Waals surface area (Å²) < 4.78 is 33.3. The van der Waals surface area contributed by atoms with Crippen LogP contribution in [0, 0.1) is 0 Å². The Bertz CT molecular complexity index is 1220. The highest BCUT2D eigenvalue weighted by Crippen LogP contribution is 2.36. The summed E-state index contributed by atoms with van der Waals surface area (Å²) in [7, 11) is -3.73. The fourth-order valence-corrected chi connectivity index (χ4v) is 6.42. The maximum atomic E-state index is 13.5. The Morgan fingerprint density at radius 3 is 2.51 bits per heavy atom. The number of para-hydroxylation sites is 1. The van der Waals surface area contributed by atoms with Gasteiger partial charge >= 0.3 is 0 Å². The Morgan fingerprint density at radius 2 is 1.74 bits per heavy atom. The monoisotopic (exact) mass is 498 g/mol. The Hall–Kier alpha value is -2.95. The Labute approximate surface area is 205 Å². The number of nitrogens with zero attached hydrogens (tertiary/aromatic N) is 2. The van der Waals surface area contributed by atoms with E-state index in [1.54, 1.807) is 24.3 Å². The molecule has 3 aliphatic heterocycles. The molecule has 0 saturated carbocycles. The summed E-state index contributed by atoms with van der Waals surface area (Å²) in [4.78, 5) is 28.1. The summed E-state index contributed by atoms with van der Waals surface area (Å²) in [6.45, 7) is 2.99. The molecule has 2 amide bonds. The lowest BCUT2D eigenvalue weighted by molar-refractivity contribution is -0.123. The first-order valence-electron chi connectivity index (χ1n) is 12.1. The number of sulfonamides is 1. The number of fused-ring (bicyclic) bond motifs is 1. The van der Waals surface area contributed by atoms with Gasteiger partial charge in [-0.2, -0.15) is 4.31 Å². The van der Waals surface area contributed by atoms with Gasteiger partial charge in [-0.05, 0) is 49.1 Å². The maximum Gasteiger partial charge on any atom is 0.243 e. The van der Waals surface area contributed by atoms with E-state index in [2.05, 4.69) is 15.5 Å². The minimum atomic E-state index is -3.73. The maximum absolute atomic E-state index is 13.5. The first kappa shape index (κ1) is 23.8. The largest absolute Gasteiger partial charge is 0.379 e. The van der Waals surface area contributed by atoms with E-state index in [0.29, 0.717) is 37.7 Å². The molecule has 2 saturated heterocycles. The normalized spacial score (nSPS) is 21.2. The first-order chi connectivity index (χ1) is 16.9. The van der Waals surface area contributed by atoms with Crippen LogP contribution in [-0.4, -0.2) is 63.9 Å². The van der Waals surface area contributed by atoms with E-state index in [0.717, 1.165) is 43.6 Å². The van der Waals surface area contributed by atoms with Crippen LogP contribution >= 0.6 is 0 Å². The van der Waals surface area contributed by atoms with Crippen molar-refractivity contribution in [1.29, 1.82) is 0 Å². The lowest BCUT2D eigenvalue weighted by Gasteiger charge is -2.32. The van der Waals surface area contributed by atoms with Crippen molar-refractivity contribution in [3.8, 4) is 0 Å². The number of hydrogen-bond donors (Lipinski definition) is 2. The third kappa shape index (κ3) is 4.91. The predicted molar refractivity (Wildman–Crippen MR) is 133 cm³/mol. The Morgan fingerprint density at radius 1 is 1.00 bits per heavy atom. The molecule has 10 heteroatoms. The molecule has 1 unspecified atom stereocenters. The van der Waals surface area contributed by atoms with Gasteiger partial charge in [0.1, 0.15) is 0 Å². The van der Waals surface area contributed by atoms with Gasteiger partial charge < -0.3 is 20.3 Å². The van der Waals surface area contributed by atoms with Gasteiger partial charge in [0.2, 0.25) is 21.8 Å². The van der Waals surface area contributed by atoms with Crippen LogP contribution in [0.25, 0.3) is 0 Å². The summed E-state index contributed by atoms with van der Waals surface area (Å²) in [5.41, 5.74) is 2.63. The molecule has 2 aromatic rings. The smallest absolute Gasteiger partial charge is 0.243 e. The van der Waals surface area contributed by atoms with Gasteiger partial charge in [-0.15, -0.1) is 0 Å². The van der Waals surface area contributed by atoms with Crippen molar-refractivity contribution < 1.29 is 22.7 Å². The highest BCUT2D eigenvalue weighted by molar-refractivity contribution is 7.89. The van der Waals surface area contributed by atoms with Crippen LogP contribution < -0.4 is 15.5 Å². The fraction of sp³-hybridized carbons (Fsp3) is 0.440. The molecule has 0 aromatic heterocycles. The van der Waals surface area contributed by atoms with E-state index in [1.807, 2.05) is 18.2 Å². The lowest BCUT2D eigenvalue weighted by atomic mass is 9.89. The van der Waals surface area contributed by atoms with Gasteiger partial charge in [0.05, 0.1) is 35.4 Å². The number of ether oxygens (including phenoxy) is 1. The highest BCUT2D eigenvalue weighted by Gasteiger charge is 2.32. The standard InChI is InChI=1S/C25H30N4O5S/c30-24-17-20(19-6-2-3-7-21(19)26-24)25(31)27-22-16-18(35(32,33)29-12-14-34-15-13-29)8-9-23(22)28-10-4-1-5-11-28/h2-3,6-9,16,20H,1,4-5,10-15,17H2,(H,26,30)(H,27,31). The van der Waals surface area contributed by atoms with Gasteiger partial charge in [0.25, 0.3) is 0 Å². The SMILES string of the molecule is O=C1CC(C(=O)Nc2cc(S(=O)(=O)N3CCOCC3)ccc2N2CCCCC2)c2ccccc2N1. The van der Waals surface area contributed by atoms with Crippen molar-refractivity contribution in [2.75, 3.05) is 54.9 Å². The summed E-state index contributed by atoms with van der Waals surface area (Å²) in [6, 6.07) is 12.2. The number of amides is 2. The third-order valence-electron chi connectivity index (χ3n) is 6.85. The molecule has 2 aromatic carbocycles. The van der Waals surface area contributed by atoms with Crippen molar-refractivity contribution >= 4 is 38.9 Å². The van der Waals surface area contributed by atoms with Crippen LogP contribution in [0.3, 0.4) is 0 Å². The number of nitrogens with one attached hydrogen (secondary N) is 2. The number of carbonyl (C=O) groups excluding carboxylic acids is 2. The number of rotatable bonds is 5. The van der Waals surface area contributed by atoms with E-state index in [4.69, 9.17) is 4.74 Å². The second-order valence-corrected chi connectivity index (χ2v) is 11.1. The van der Waals surface area contributed by atoms with Crippen LogP contribution in [0.4, 0.5) is 17.1 Å². The molecular weight excluding hydrogens is 468 g/mol. The molecule has 2 N–H and O–H groups in total. The van der Waals surface area contributed by atoms with Crippen LogP contribution in [0.2, 0.25) is 0 Å². The van der Waals surface area contributed by atoms with Crippen LogP contribution in [0.5, 0.6) is 0 Å². The predicted octanol–water partition coefficient (Wildman–Crippen LogP) is 2.76. The Balaban J connectivity index is 1.49. The number of hydrogen-bond acceptors (Lipinski definition) is 6. The number of morpholine rings is 1. The first-order valence-corrected chi connectivity index (χ1v) is 13.5. The molecular formula is C25H30N4O5S. The molecule has 0 aliphatic carbocycles. The molecule has 2 fully saturated rings. The second kappa shape index (κ2) is 9.96. The quantitative estimate of drug-likeness (QED) is 0.656. The zero-order valence-corrected chi connectivity index (χ0v) is 20.4. The van der Waals surface area contributed by atoms with E-state index < -0.39 is 15.9 Å². The third-order valence-corrected chi connectivity index (χ3v) is 8.74. The molecule has 9 nitrogen and oxygen atoms in total. The molecule has 0 spiro atoms. The molecule has 5 rings (SSSR count). The molecule has 0 bridgehead atoms. The summed E-state index contributed by atoms with van der Waals surface area (Å²) in [5, 5.41) is 5.80. The van der Waals surface area contributed by atoms with E-state index in [9.17, 15) is 18.0 Å². The summed E-state index contributed by atoms with van der Waals surface area (Å²) in [6.07, 6.45) is 3.26. The summed E-state index contributed by atoms with van der Waals surface area (Å²) >= 11 is 0. The van der Waals surface area contributed by atoms with Gasteiger partial charge in [0.15, 0.2) is 0 Å². The number of benzene rings is 2. The molecule has 1 atom stereocenters. The van der Waals surface area contributed by atoms with E-state index in [-0.39, 0.29) is 23.1 Å². The minimum Gasteiger partial charge on any atom is -0.379 e. The number of piperidine rings is 1. The van der Waals surface area contributed by atoms with Crippen molar-refractivity contribution in [2.24, 2.45) is 0 Å². The van der Waals surface area contributed by atoms with Crippen LogP contribution in [-0.2, 0) is 24.3 Å². The van der Waals surface area contributed by atoms with Crippen molar-refractivity contribution in [2.45, 2.75) is 36.5 Å². The van der Waals surface area contributed by atoms with Gasteiger partial charge in [0, 0.05) is 38.3 Å². The van der Waals surface area contributed by atoms with Crippen LogP contribution in [0.15, 0.2) is 47.4 Å². The molecule has 186 valence electrons. The second-order valence-electron chi connectivity index (χ2n) is 9.12. The van der Waals surface area contributed by atoms with Crippen molar-refractivity contribution in [3.05, 3.63) is 48.0 Å². The van der Waals surface area contributed by atoms with Gasteiger partial charge in [-0.25, -0.2) is 8.42 Å². The molecule has 0 radical (unpaired) electrons. The molecule has 3 aliphatic rings. The van der Waals surface area contributed by atoms with Crippen molar-refractivity contribution in [3.63, 3.8) is 0 Å². The Kier molecular flexibility index (Phi) is 6.77. The average molecular weight is 499 g/mol. The molecule has 35 heavy (non-hydrogen) atoms. The molecule has 3 heterocycles. The topological polar surface area (TPSA) is 108 Å². The number of anilines is 3. The summed E-state index contributed by atoms with van der Waals surface area (Å²) in [5.74, 6) is -1.20. The fourth-order valence-electron chi connectivity index (χ4n) is 4.99. The highest BCUT2D eigenvalue weighted by atomic mass is 32.2. The van der Waals surface area contributed by atoms with E-state index in [1.165, 1.54) is 4.31 Å². The zero-order valence-electron chi connectivity index (χ0n) is 19.5. The average Bonchev–Trinajstić information content (AvgIpc) is 2.89. The van der Waals surface area contributed by atoms with Gasteiger partial charge in [-0.3, -0.25) is 9.59 Å². The van der Waals surface area contributed by atoms with Crippen LogP contribution in [0.1, 0.15) is 37.2 Å². The van der Waals surface area contributed by atoms with Gasteiger partial charge in [-0.1, -0.05) is 18.2 Å². The van der Waals surface area contributed by atoms with E-state index >= 15 is 0 Å². The zero-order chi connectivity index (χ0) is 24.4.